The lowest BCUT2D eigenvalue weighted by Crippen LogP contribution is -2.52. The zero-order chi connectivity index (χ0) is 13.3. The van der Waals surface area contributed by atoms with Crippen molar-refractivity contribution >= 4 is 43.2 Å². The van der Waals surface area contributed by atoms with E-state index in [1.807, 2.05) is 0 Å². The van der Waals surface area contributed by atoms with Gasteiger partial charge in [-0.1, -0.05) is 0 Å². The van der Waals surface area contributed by atoms with E-state index in [2.05, 4.69) is 61.7 Å². The molecule has 1 fully saturated rings. The molecular weight excluding hydrogens is 378 g/mol. The molecule has 2 atom stereocenters. The van der Waals surface area contributed by atoms with E-state index >= 15 is 0 Å². The molecule has 0 bridgehead atoms. The predicted octanol–water partition coefficient (Wildman–Crippen LogP) is 2.91. The summed E-state index contributed by atoms with van der Waals surface area (Å²) in [5, 5.41) is 0. The molecule has 0 aliphatic carbocycles. The molecule has 0 amide bonds. The lowest BCUT2D eigenvalue weighted by Gasteiger charge is -2.41. The van der Waals surface area contributed by atoms with E-state index in [0.717, 1.165) is 27.9 Å². The van der Waals surface area contributed by atoms with Gasteiger partial charge in [-0.05, 0) is 51.9 Å². The van der Waals surface area contributed by atoms with Crippen molar-refractivity contribution in [3.05, 3.63) is 19.2 Å². The largest absolute Gasteiger partial charge is 0.329 e. The summed E-state index contributed by atoms with van der Waals surface area (Å²) >= 11 is 8.90. The van der Waals surface area contributed by atoms with Crippen LogP contribution >= 0.6 is 43.2 Å². The molecule has 1 aliphatic rings. The van der Waals surface area contributed by atoms with Crippen molar-refractivity contribution < 1.29 is 0 Å². The van der Waals surface area contributed by atoms with Crippen molar-refractivity contribution in [1.29, 1.82) is 0 Å². The van der Waals surface area contributed by atoms with Gasteiger partial charge in [-0.15, -0.1) is 11.3 Å². The number of piperazine rings is 1. The van der Waals surface area contributed by atoms with Crippen LogP contribution in [0.25, 0.3) is 0 Å². The monoisotopic (exact) mass is 395 g/mol. The number of rotatable bonds is 3. The fourth-order valence-corrected chi connectivity index (χ4v) is 4.57. The fraction of sp³-hybridized carbons (Fsp3) is 0.667. The van der Waals surface area contributed by atoms with E-state index in [1.54, 1.807) is 11.3 Å². The summed E-state index contributed by atoms with van der Waals surface area (Å²) in [6, 6.07) is 3.13. The second kappa shape index (κ2) is 6.33. The molecule has 1 aromatic rings. The summed E-state index contributed by atoms with van der Waals surface area (Å²) in [4.78, 5) is 6.26. The molecule has 18 heavy (non-hydrogen) atoms. The lowest BCUT2D eigenvalue weighted by atomic mass is 10.1. The van der Waals surface area contributed by atoms with Gasteiger partial charge in [-0.3, -0.25) is 4.90 Å². The van der Waals surface area contributed by atoms with E-state index in [0.29, 0.717) is 18.6 Å². The summed E-state index contributed by atoms with van der Waals surface area (Å²) in [6.07, 6.45) is 0. The van der Waals surface area contributed by atoms with E-state index in [-0.39, 0.29) is 0 Å². The Hall–Kier alpha value is 0.540. The summed E-state index contributed by atoms with van der Waals surface area (Å²) in [6.45, 7) is 6.25. The highest BCUT2D eigenvalue weighted by Gasteiger charge is 2.28. The fourth-order valence-electron chi connectivity index (χ4n) is 2.33. The van der Waals surface area contributed by atoms with Crippen LogP contribution in [0.2, 0.25) is 0 Å². The highest BCUT2D eigenvalue weighted by Crippen LogP contribution is 2.37. The molecule has 0 aromatic carbocycles. The van der Waals surface area contributed by atoms with Crippen LogP contribution < -0.4 is 5.73 Å². The average molecular weight is 397 g/mol. The van der Waals surface area contributed by atoms with Gasteiger partial charge in [0, 0.05) is 41.6 Å². The molecule has 0 spiro atoms. The summed E-state index contributed by atoms with van der Waals surface area (Å²) in [7, 11) is 2.19. The van der Waals surface area contributed by atoms with Crippen molar-refractivity contribution in [3.63, 3.8) is 0 Å². The normalized spacial score (nSPS) is 24.4. The van der Waals surface area contributed by atoms with Crippen LogP contribution in [0.4, 0.5) is 0 Å². The zero-order valence-corrected chi connectivity index (χ0v) is 14.7. The number of hydrogen-bond acceptors (Lipinski definition) is 4. The second-order valence-corrected chi connectivity index (χ2v) is 8.10. The van der Waals surface area contributed by atoms with E-state index in [1.165, 1.54) is 4.88 Å². The SMILES string of the molecule is CC1CN(C(CN)c2cc(Br)c(Br)s2)CCN1C. The highest BCUT2D eigenvalue weighted by atomic mass is 79.9. The highest BCUT2D eigenvalue weighted by molar-refractivity contribution is 9.13. The van der Waals surface area contributed by atoms with Crippen molar-refractivity contribution in [2.45, 2.75) is 19.0 Å². The van der Waals surface area contributed by atoms with Crippen molar-refractivity contribution in [2.24, 2.45) is 5.73 Å². The molecule has 2 heterocycles. The van der Waals surface area contributed by atoms with E-state index in [9.17, 15) is 0 Å². The first-order valence-corrected chi connectivity index (χ1v) is 8.52. The Balaban J connectivity index is 2.13. The Morgan fingerprint density at radius 1 is 1.50 bits per heavy atom. The van der Waals surface area contributed by atoms with Crippen molar-refractivity contribution in [2.75, 3.05) is 33.2 Å². The summed E-state index contributed by atoms with van der Waals surface area (Å²) < 4.78 is 2.28. The van der Waals surface area contributed by atoms with Gasteiger partial charge >= 0.3 is 0 Å². The van der Waals surface area contributed by atoms with Crippen molar-refractivity contribution in [1.82, 2.24) is 9.80 Å². The van der Waals surface area contributed by atoms with Gasteiger partial charge in [0.1, 0.15) is 0 Å². The van der Waals surface area contributed by atoms with Crippen molar-refractivity contribution in [3.8, 4) is 0 Å². The minimum Gasteiger partial charge on any atom is -0.329 e. The van der Waals surface area contributed by atoms with E-state index in [4.69, 9.17) is 5.73 Å². The smallest absolute Gasteiger partial charge is 0.0843 e. The molecule has 2 N–H and O–H groups in total. The van der Waals surface area contributed by atoms with Crippen LogP contribution in [0.5, 0.6) is 0 Å². The number of nitrogens with two attached hydrogens (primary N) is 1. The Morgan fingerprint density at radius 3 is 2.72 bits per heavy atom. The molecule has 3 nitrogen and oxygen atoms in total. The average Bonchev–Trinajstić information content (AvgIpc) is 2.65. The minimum absolute atomic E-state index is 0.341. The maximum atomic E-state index is 6.00. The molecule has 0 radical (unpaired) electrons. The van der Waals surface area contributed by atoms with Gasteiger partial charge in [0.25, 0.3) is 0 Å². The van der Waals surface area contributed by atoms with Gasteiger partial charge in [-0.25, -0.2) is 0 Å². The summed E-state index contributed by atoms with van der Waals surface area (Å²) in [5.41, 5.74) is 6.00. The third-order valence-electron chi connectivity index (χ3n) is 3.65. The van der Waals surface area contributed by atoms with Gasteiger partial charge in [-0.2, -0.15) is 0 Å². The molecule has 102 valence electrons. The van der Waals surface area contributed by atoms with Gasteiger partial charge in [0.05, 0.1) is 9.83 Å². The quantitative estimate of drug-likeness (QED) is 0.852. The Kier molecular flexibility index (Phi) is 5.25. The first-order valence-electron chi connectivity index (χ1n) is 6.12. The number of thiophene rings is 1. The number of hydrogen-bond donors (Lipinski definition) is 1. The predicted molar refractivity (Wildman–Crippen MR) is 85.2 cm³/mol. The first kappa shape index (κ1) is 14.9. The number of halogens is 2. The lowest BCUT2D eigenvalue weighted by molar-refractivity contribution is 0.0752. The van der Waals surface area contributed by atoms with Crippen LogP contribution in [0, 0.1) is 0 Å². The minimum atomic E-state index is 0.341. The van der Waals surface area contributed by atoms with Gasteiger partial charge in [0.15, 0.2) is 0 Å². The second-order valence-electron chi connectivity index (χ2n) is 4.85. The van der Waals surface area contributed by atoms with Crippen LogP contribution in [0.3, 0.4) is 0 Å². The topological polar surface area (TPSA) is 32.5 Å². The summed E-state index contributed by atoms with van der Waals surface area (Å²) in [5.74, 6) is 0. The molecule has 2 rings (SSSR count). The molecule has 1 aromatic heterocycles. The van der Waals surface area contributed by atoms with Crippen LogP contribution in [-0.2, 0) is 0 Å². The third kappa shape index (κ3) is 3.16. The zero-order valence-electron chi connectivity index (χ0n) is 10.7. The molecule has 6 heteroatoms. The molecular formula is C12H19Br2N3S. The number of likely N-dealkylation sites (N-methyl/N-ethyl adjacent to an activating group) is 1. The Morgan fingerprint density at radius 2 is 2.22 bits per heavy atom. The molecule has 2 unspecified atom stereocenters. The maximum Gasteiger partial charge on any atom is 0.0843 e. The molecule has 1 saturated heterocycles. The van der Waals surface area contributed by atoms with Crippen LogP contribution in [0.15, 0.2) is 14.3 Å². The Bertz CT molecular complexity index is 391. The van der Waals surface area contributed by atoms with Gasteiger partial charge in [0.2, 0.25) is 0 Å². The molecule has 0 saturated carbocycles. The maximum absolute atomic E-state index is 6.00. The number of nitrogens with zero attached hydrogens (tertiary/aromatic N) is 2. The molecule has 1 aliphatic heterocycles. The van der Waals surface area contributed by atoms with Gasteiger partial charge < -0.3 is 10.6 Å². The van der Waals surface area contributed by atoms with Crippen LogP contribution in [0.1, 0.15) is 17.8 Å². The standard InChI is InChI=1S/C12H19Br2N3S/c1-8-7-17(4-3-16(8)2)10(6-15)11-5-9(13)12(14)18-11/h5,8,10H,3-4,6-7,15H2,1-2H3. The first-order chi connectivity index (χ1) is 8.52. The van der Waals surface area contributed by atoms with E-state index < -0.39 is 0 Å². The Labute approximate surface area is 130 Å². The third-order valence-corrected chi connectivity index (χ3v) is 7.01. The van der Waals surface area contributed by atoms with Crippen LogP contribution in [-0.4, -0.2) is 49.1 Å².